The van der Waals surface area contributed by atoms with E-state index in [-0.39, 0.29) is 42.7 Å². The third-order valence-electron chi connectivity index (χ3n) is 6.03. The number of nitrogens with one attached hydrogen (secondary N) is 1. The lowest BCUT2D eigenvalue weighted by molar-refractivity contribution is -0.140. The second kappa shape index (κ2) is 9.63. The maximum absolute atomic E-state index is 13.7. The highest BCUT2D eigenvalue weighted by atomic mass is 19.1. The largest absolute Gasteiger partial charge is 0.352 e. The second-order valence-corrected chi connectivity index (χ2v) is 8.81. The highest BCUT2D eigenvalue weighted by Crippen LogP contribution is 2.37. The average molecular weight is 462 g/mol. The molecule has 0 saturated heterocycles. The highest BCUT2D eigenvalue weighted by Gasteiger charge is 2.35. The van der Waals surface area contributed by atoms with Gasteiger partial charge >= 0.3 is 0 Å². The van der Waals surface area contributed by atoms with Crippen LogP contribution >= 0.6 is 0 Å². The van der Waals surface area contributed by atoms with Crippen molar-refractivity contribution in [3.05, 3.63) is 77.6 Å². The zero-order valence-electron chi connectivity index (χ0n) is 19.5. The van der Waals surface area contributed by atoms with E-state index < -0.39 is 6.04 Å². The molecule has 0 fully saturated rings. The van der Waals surface area contributed by atoms with Gasteiger partial charge in [0.15, 0.2) is 0 Å². The molecule has 0 bridgehead atoms. The van der Waals surface area contributed by atoms with E-state index in [0.29, 0.717) is 23.2 Å². The summed E-state index contributed by atoms with van der Waals surface area (Å²) in [5.41, 5.74) is 1.95. The molecular weight excluding hydrogens is 433 g/mol. The highest BCUT2D eigenvalue weighted by molar-refractivity contribution is 6.26. The van der Waals surface area contributed by atoms with Crippen LogP contribution in [-0.2, 0) is 16.1 Å². The smallest absolute Gasteiger partial charge is 0.259 e. The maximum Gasteiger partial charge on any atom is 0.259 e. The van der Waals surface area contributed by atoms with Crippen molar-refractivity contribution in [2.75, 3.05) is 11.4 Å². The Morgan fingerprint density at radius 1 is 1.03 bits per heavy atom. The summed E-state index contributed by atoms with van der Waals surface area (Å²) in [6, 6.07) is 16.2. The average Bonchev–Trinajstić information content (AvgIpc) is 3.07. The molecule has 1 atom stereocenters. The number of amides is 3. The first-order valence-corrected chi connectivity index (χ1v) is 11.5. The topological polar surface area (TPSA) is 69.7 Å². The Bertz CT molecular complexity index is 1230. The second-order valence-electron chi connectivity index (χ2n) is 8.81. The Kier molecular flexibility index (Phi) is 6.63. The first-order valence-electron chi connectivity index (χ1n) is 11.5. The van der Waals surface area contributed by atoms with Crippen molar-refractivity contribution in [2.24, 2.45) is 0 Å². The first kappa shape index (κ1) is 23.4. The van der Waals surface area contributed by atoms with Crippen LogP contribution in [0.2, 0.25) is 0 Å². The summed E-state index contributed by atoms with van der Waals surface area (Å²) in [4.78, 5) is 42.8. The standard InChI is InChI=1S/C27H28FN3O3/c1-4-22(26(33)29-17(2)3)30(15-18-11-13-20(28)14-12-18)24(32)16-31-23-10-6-8-19-7-5-9-21(25(19)23)27(31)34/h5-14,17,22H,4,15-16H2,1-3H3,(H,29,33)/t22-/m1/s1. The lowest BCUT2D eigenvalue weighted by atomic mass is 10.1. The van der Waals surface area contributed by atoms with E-state index in [1.54, 1.807) is 18.2 Å². The number of hydrogen-bond acceptors (Lipinski definition) is 3. The normalized spacial score (nSPS) is 13.4. The minimum absolute atomic E-state index is 0.0865. The van der Waals surface area contributed by atoms with Gasteiger partial charge in [0.05, 0.1) is 5.69 Å². The summed E-state index contributed by atoms with van der Waals surface area (Å²) in [5, 5.41) is 4.65. The Morgan fingerprint density at radius 2 is 1.71 bits per heavy atom. The molecule has 176 valence electrons. The molecule has 1 N–H and O–H groups in total. The van der Waals surface area contributed by atoms with Crippen molar-refractivity contribution in [2.45, 2.75) is 45.8 Å². The monoisotopic (exact) mass is 461 g/mol. The van der Waals surface area contributed by atoms with Crippen LogP contribution < -0.4 is 10.2 Å². The molecule has 0 spiro atoms. The molecule has 1 heterocycles. The van der Waals surface area contributed by atoms with Crippen LogP contribution in [0.25, 0.3) is 10.8 Å². The molecule has 1 aliphatic rings. The number of hydrogen-bond donors (Lipinski definition) is 1. The summed E-state index contributed by atoms with van der Waals surface area (Å²) in [6.07, 6.45) is 0.398. The SMILES string of the molecule is CC[C@H](C(=O)NC(C)C)N(Cc1ccc(F)cc1)C(=O)CN1C(=O)c2cccc3cccc1c23. The number of carbonyl (C=O) groups excluding carboxylic acids is 3. The van der Waals surface area contributed by atoms with Crippen molar-refractivity contribution in [3.8, 4) is 0 Å². The lowest BCUT2D eigenvalue weighted by Gasteiger charge is -2.32. The zero-order valence-corrected chi connectivity index (χ0v) is 19.5. The van der Waals surface area contributed by atoms with Crippen molar-refractivity contribution < 1.29 is 18.8 Å². The van der Waals surface area contributed by atoms with E-state index in [1.165, 1.54) is 21.9 Å². The lowest BCUT2D eigenvalue weighted by Crippen LogP contribution is -2.53. The third-order valence-corrected chi connectivity index (χ3v) is 6.03. The Labute approximate surface area is 198 Å². The van der Waals surface area contributed by atoms with Gasteiger partial charge in [-0.2, -0.15) is 0 Å². The van der Waals surface area contributed by atoms with Gasteiger partial charge in [0, 0.05) is 23.5 Å². The summed E-state index contributed by atoms with van der Waals surface area (Å²) in [7, 11) is 0. The van der Waals surface area contributed by atoms with Gasteiger partial charge in [-0.3, -0.25) is 19.3 Å². The molecule has 3 amide bonds. The molecule has 3 aromatic rings. The van der Waals surface area contributed by atoms with Crippen LogP contribution in [-0.4, -0.2) is 41.2 Å². The van der Waals surface area contributed by atoms with Crippen LogP contribution in [0.3, 0.4) is 0 Å². The summed E-state index contributed by atoms with van der Waals surface area (Å²) >= 11 is 0. The van der Waals surface area contributed by atoms with E-state index in [4.69, 9.17) is 0 Å². The van der Waals surface area contributed by atoms with Gasteiger partial charge in [-0.15, -0.1) is 0 Å². The van der Waals surface area contributed by atoms with E-state index in [1.807, 2.05) is 51.1 Å². The Balaban J connectivity index is 1.65. The van der Waals surface area contributed by atoms with E-state index in [0.717, 1.165) is 10.8 Å². The fourth-order valence-electron chi connectivity index (χ4n) is 4.45. The van der Waals surface area contributed by atoms with Crippen LogP contribution in [0, 0.1) is 5.82 Å². The fraction of sp³-hybridized carbons (Fsp3) is 0.296. The molecule has 0 unspecified atom stereocenters. The third kappa shape index (κ3) is 4.51. The van der Waals surface area contributed by atoms with E-state index in [2.05, 4.69) is 5.32 Å². The van der Waals surface area contributed by atoms with Crippen LogP contribution in [0.5, 0.6) is 0 Å². The summed E-state index contributed by atoms with van der Waals surface area (Å²) in [5.74, 6) is -1.22. The van der Waals surface area contributed by atoms with Gasteiger partial charge in [-0.25, -0.2) is 4.39 Å². The Morgan fingerprint density at radius 3 is 2.35 bits per heavy atom. The van der Waals surface area contributed by atoms with Gasteiger partial charge in [-0.05, 0) is 55.5 Å². The van der Waals surface area contributed by atoms with Crippen molar-refractivity contribution in [1.29, 1.82) is 0 Å². The molecule has 7 heteroatoms. The fourth-order valence-corrected chi connectivity index (χ4v) is 4.45. The number of carbonyl (C=O) groups is 3. The molecule has 1 aliphatic heterocycles. The van der Waals surface area contributed by atoms with Crippen LogP contribution in [0.15, 0.2) is 60.7 Å². The number of nitrogens with zero attached hydrogens (tertiary/aromatic N) is 2. The molecule has 0 aliphatic carbocycles. The first-order chi connectivity index (χ1) is 16.3. The van der Waals surface area contributed by atoms with Crippen LogP contribution in [0.4, 0.5) is 10.1 Å². The van der Waals surface area contributed by atoms with Gasteiger partial charge in [0.2, 0.25) is 11.8 Å². The van der Waals surface area contributed by atoms with Crippen molar-refractivity contribution in [1.82, 2.24) is 10.2 Å². The molecule has 6 nitrogen and oxygen atoms in total. The van der Waals surface area contributed by atoms with Crippen LogP contribution in [0.1, 0.15) is 43.1 Å². The summed E-state index contributed by atoms with van der Waals surface area (Å²) in [6.45, 7) is 5.49. The van der Waals surface area contributed by atoms with Gasteiger partial charge in [0.1, 0.15) is 18.4 Å². The minimum Gasteiger partial charge on any atom is -0.352 e. The van der Waals surface area contributed by atoms with E-state index in [9.17, 15) is 18.8 Å². The molecule has 0 radical (unpaired) electrons. The van der Waals surface area contributed by atoms with Gasteiger partial charge in [0.25, 0.3) is 5.91 Å². The van der Waals surface area contributed by atoms with Crippen molar-refractivity contribution in [3.63, 3.8) is 0 Å². The summed E-state index contributed by atoms with van der Waals surface area (Å²) < 4.78 is 13.4. The number of anilines is 1. The predicted molar refractivity (Wildman–Crippen MR) is 130 cm³/mol. The molecule has 4 rings (SSSR count). The molecular formula is C27H28FN3O3. The van der Waals surface area contributed by atoms with Gasteiger partial charge < -0.3 is 10.2 Å². The predicted octanol–water partition coefficient (Wildman–Crippen LogP) is 4.27. The minimum atomic E-state index is -0.726. The quantitative estimate of drug-likeness (QED) is 0.545. The number of benzene rings is 3. The van der Waals surface area contributed by atoms with E-state index >= 15 is 0 Å². The molecule has 34 heavy (non-hydrogen) atoms. The number of halogens is 1. The van der Waals surface area contributed by atoms with Crippen molar-refractivity contribution >= 4 is 34.2 Å². The Hall–Kier alpha value is -3.74. The van der Waals surface area contributed by atoms with Gasteiger partial charge in [-0.1, -0.05) is 43.3 Å². The molecule has 3 aromatic carbocycles. The molecule has 0 aromatic heterocycles. The molecule has 0 saturated carbocycles. The maximum atomic E-state index is 13.7. The number of rotatable bonds is 8. The zero-order chi connectivity index (χ0) is 24.4.